The van der Waals surface area contributed by atoms with Crippen LogP contribution in [-0.4, -0.2) is 17.0 Å². The number of para-hydroxylation sites is 1. The maximum atomic E-state index is 12.0. The highest BCUT2D eigenvalue weighted by Crippen LogP contribution is 2.42. The number of carbonyl (C=O) groups is 1. The van der Waals surface area contributed by atoms with Crippen molar-refractivity contribution in [2.75, 3.05) is 0 Å². The first-order valence-electron chi connectivity index (χ1n) is 6.90. The van der Waals surface area contributed by atoms with Crippen molar-refractivity contribution in [3.05, 3.63) is 52.1 Å². The molecule has 1 amide bonds. The minimum Gasteiger partial charge on any atom is -0.267 e. The molecule has 21 heavy (non-hydrogen) atoms. The fourth-order valence-corrected chi connectivity index (χ4v) is 3.07. The first-order valence-corrected chi connectivity index (χ1v) is 6.90. The smallest absolute Gasteiger partial charge is 0.267 e. The minimum absolute atomic E-state index is 0.0208. The van der Waals surface area contributed by atoms with Gasteiger partial charge in [0.05, 0.1) is 4.92 Å². The number of hydrogen-bond donors (Lipinski definition) is 1. The second-order valence-corrected chi connectivity index (χ2v) is 5.44. The quantitative estimate of drug-likeness (QED) is 0.399. The molecule has 0 saturated heterocycles. The van der Waals surface area contributed by atoms with Gasteiger partial charge in [-0.05, 0) is 30.7 Å². The zero-order valence-electron chi connectivity index (χ0n) is 11.3. The molecule has 2 aliphatic carbocycles. The van der Waals surface area contributed by atoms with E-state index in [1.165, 1.54) is 18.2 Å². The molecule has 3 rings (SSSR count). The maximum Gasteiger partial charge on any atom is 0.282 e. The lowest BCUT2D eigenvalue weighted by molar-refractivity contribution is -0.385. The summed E-state index contributed by atoms with van der Waals surface area (Å²) in [7, 11) is 0. The molecule has 1 fully saturated rings. The SMILES string of the molecule is O=C(N/N=C\[C@@H]1C[C@H]2C=C[C@H]1C2)c1ccccc1[N+](=O)[O-]. The third kappa shape index (κ3) is 2.69. The summed E-state index contributed by atoms with van der Waals surface area (Å²) >= 11 is 0. The van der Waals surface area contributed by atoms with E-state index < -0.39 is 10.8 Å². The first kappa shape index (κ1) is 13.5. The second kappa shape index (κ2) is 5.47. The lowest BCUT2D eigenvalue weighted by Gasteiger charge is -2.11. The zero-order chi connectivity index (χ0) is 14.8. The predicted molar refractivity (Wildman–Crippen MR) is 77.9 cm³/mol. The van der Waals surface area contributed by atoms with Crippen LogP contribution >= 0.6 is 0 Å². The van der Waals surface area contributed by atoms with Crippen molar-refractivity contribution < 1.29 is 9.72 Å². The number of hydrazone groups is 1. The van der Waals surface area contributed by atoms with E-state index in [-0.39, 0.29) is 11.3 Å². The van der Waals surface area contributed by atoms with Crippen molar-refractivity contribution in [2.24, 2.45) is 22.9 Å². The molecule has 0 aliphatic heterocycles. The van der Waals surface area contributed by atoms with Crippen molar-refractivity contribution in [3.8, 4) is 0 Å². The molecule has 0 heterocycles. The van der Waals surface area contributed by atoms with Gasteiger partial charge in [0.25, 0.3) is 11.6 Å². The van der Waals surface area contributed by atoms with Crippen LogP contribution in [0.1, 0.15) is 23.2 Å². The van der Waals surface area contributed by atoms with Gasteiger partial charge < -0.3 is 0 Å². The molecule has 2 aliphatic rings. The van der Waals surface area contributed by atoms with Crippen LogP contribution in [-0.2, 0) is 0 Å². The van der Waals surface area contributed by atoms with E-state index in [4.69, 9.17) is 0 Å². The number of allylic oxidation sites excluding steroid dienone is 2. The summed E-state index contributed by atoms with van der Waals surface area (Å²) in [6, 6.07) is 5.84. The molecule has 1 saturated carbocycles. The van der Waals surface area contributed by atoms with E-state index in [0.29, 0.717) is 17.8 Å². The van der Waals surface area contributed by atoms with Crippen LogP contribution in [0, 0.1) is 27.9 Å². The zero-order valence-corrected chi connectivity index (χ0v) is 11.3. The summed E-state index contributed by atoms with van der Waals surface area (Å²) < 4.78 is 0. The molecule has 6 heteroatoms. The van der Waals surface area contributed by atoms with Crippen LogP contribution in [0.15, 0.2) is 41.5 Å². The number of nitrogens with one attached hydrogen (secondary N) is 1. The number of nitrogens with zero attached hydrogens (tertiary/aromatic N) is 2. The first-order chi connectivity index (χ1) is 10.1. The van der Waals surface area contributed by atoms with Crippen molar-refractivity contribution in [2.45, 2.75) is 12.8 Å². The van der Waals surface area contributed by atoms with Crippen molar-refractivity contribution in [3.63, 3.8) is 0 Å². The highest BCUT2D eigenvalue weighted by Gasteiger charge is 2.34. The molecule has 0 aromatic heterocycles. The Morgan fingerprint density at radius 3 is 2.81 bits per heavy atom. The largest absolute Gasteiger partial charge is 0.282 e. The van der Waals surface area contributed by atoms with Crippen LogP contribution in [0.4, 0.5) is 5.69 Å². The summed E-state index contributed by atoms with van der Waals surface area (Å²) in [5.41, 5.74) is 2.19. The Kier molecular flexibility index (Phi) is 3.51. The highest BCUT2D eigenvalue weighted by molar-refractivity contribution is 5.98. The number of nitro groups is 1. The molecule has 1 N–H and O–H groups in total. The van der Waals surface area contributed by atoms with Crippen molar-refractivity contribution in [1.29, 1.82) is 0 Å². The molecule has 0 spiro atoms. The lowest BCUT2D eigenvalue weighted by atomic mass is 9.95. The topological polar surface area (TPSA) is 84.6 Å². The molecular weight excluding hydrogens is 270 g/mol. The fourth-order valence-electron chi connectivity index (χ4n) is 3.07. The predicted octanol–water partition coefficient (Wildman–Crippen LogP) is 2.52. The Balaban J connectivity index is 1.65. The van der Waals surface area contributed by atoms with Gasteiger partial charge in [0, 0.05) is 18.2 Å². The molecule has 1 aromatic carbocycles. The Morgan fingerprint density at radius 1 is 1.33 bits per heavy atom. The number of nitro benzene ring substituents is 1. The number of carbonyl (C=O) groups excluding carboxylic acids is 1. The summed E-state index contributed by atoms with van der Waals surface area (Å²) in [6.45, 7) is 0. The molecule has 1 aromatic rings. The molecule has 108 valence electrons. The third-order valence-corrected chi connectivity index (χ3v) is 4.11. The normalized spacial score (nSPS) is 26.4. The molecule has 6 nitrogen and oxygen atoms in total. The monoisotopic (exact) mass is 285 g/mol. The van der Waals surface area contributed by atoms with Gasteiger partial charge in [-0.2, -0.15) is 5.10 Å². The van der Waals surface area contributed by atoms with Crippen LogP contribution in [0.25, 0.3) is 0 Å². The van der Waals surface area contributed by atoms with E-state index in [0.717, 1.165) is 12.8 Å². The molecule has 3 atom stereocenters. The Hall–Kier alpha value is -2.50. The Morgan fingerprint density at radius 2 is 2.14 bits per heavy atom. The summed E-state index contributed by atoms with van der Waals surface area (Å²) in [6.07, 6.45) is 8.41. The van der Waals surface area contributed by atoms with Gasteiger partial charge in [0.15, 0.2) is 0 Å². The van der Waals surface area contributed by atoms with E-state index >= 15 is 0 Å². The van der Waals surface area contributed by atoms with Crippen molar-refractivity contribution in [1.82, 2.24) is 5.43 Å². The highest BCUT2D eigenvalue weighted by atomic mass is 16.6. The van der Waals surface area contributed by atoms with Crippen LogP contribution in [0.2, 0.25) is 0 Å². The third-order valence-electron chi connectivity index (χ3n) is 4.11. The number of hydrogen-bond acceptors (Lipinski definition) is 4. The maximum absolute atomic E-state index is 12.0. The lowest BCUT2D eigenvalue weighted by Crippen LogP contribution is -2.20. The summed E-state index contributed by atoms with van der Waals surface area (Å²) in [5.74, 6) is 0.947. The second-order valence-electron chi connectivity index (χ2n) is 5.44. The van der Waals surface area contributed by atoms with Gasteiger partial charge in [0.1, 0.15) is 5.56 Å². The number of fused-ring (bicyclic) bond motifs is 2. The molecule has 2 bridgehead atoms. The molecule has 0 radical (unpaired) electrons. The Bertz CT molecular complexity index is 639. The van der Waals surface area contributed by atoms with E-state index in [1.807, 2.05) is 0 Å². The van der Waals surface area contributed by atoms with Crippen LogP contribution in [0.5, 0.6) is 0 Å². The number of benzene rings is 1. The average molecular weight is 285 g/mol. The molecular formula is C15H15N3O3. The van der Waals surface area contributed by atoms with Crippen molar-refractivity contribution >= 4 is 17.8 Å². The van der Waals surface area contributed by atoms with E-state index in [2.05, 4.69) is 22.7 Å². The van der Waals surface area contributed by atoms with Gasteiger partial charge in [-0.3, -0.25) is 14.9 Å². The van der Waals surface area contributed by atoms with Gasteiger partial charge in [-0.1, -0.05) is 24.3 Å². The standard InChI is InChI=1S/C15H15N3O3/c19-15(13-3-1-2-4-14(13)18(20)21)17-16-9-12-8-10-5-6-11(12)7-10/h1-6,9-12H,7-8H2,(H,17,19)/b16-9-/t10-,11-,12-/m0/s1. The summed E-state index contributed by atoms with van der Waals surface area (Å²) in [4.78, 5) is 22.3. The van der Waals surface area contributed by atoms with E-state index in [1.54, 1.807) is 12.3 Å². The van der Waals surface area contributed by atoms with Gasteiger partial charge in [-0.25, -0.2) is 5.43 Å². The minimum atomic E-state index is -0.570. The van der Waals surface area contributed by atoms with Gasteiger partial charge in [0.2, 0.25) is 0 Å². The van der Waals surface area contributed by atoms with E-state index in [9.17, 15) is 14.9 Å². The van der Waals surface area contributed by atoms with Gasteiger partial charge >= 0.3 is 0 Å². The van der Waals surface area contributed by atoms with Gasteiger partial charge in [-0.15, -0.1) is 0 Å². The number of amides is 1. The number of rotatable bonds is 4. The molecule has 0 unspecified atom stereocenters. The summed E-state index contributed by atoms with van der Waals surface area (Å²) in [5, 5.41) is 14.8. The Labute approximate surface area is 121 Å². The average Bonchev–Trinajstić information content (AvgIpc) is 3.09. The van der Waals surface area contributed by atoms with Crippen LogP contribution < -0.4 is 5.43 Å². The fraction of sp³-hybridized carbons (Fsp3) is 0.333. The van der Waals surface area contributed by atoms with Crippen LogP contribution in [0.3, 0.4) is 0 Å².